The molecule has 11 nitrogen and oxygen atoms in total. The molecule has 0 spiro atoms. The summed E-state index contributed by atoms with van der Waals surface area (Å²) in [5.41, 5.74) is 1.47. The summed E-state index contributed by atoms with van der Waals surface area (Å²) in [4.78, 5) is 13.1. The Balaban J connectivity index is 1.24. The number of halogens is 3. The lowest BCUT2D eigenvalue weighted by molar-refractivity contribution is -0.212. The summed E-state index contributed by atoms with van der Waals surface area (Å²) < 4.78 is 70.9. The molecule has 1 saturated heterocycles. The molecule has 2 atom stereocenters. The number of ether oxygens (including phenoxy) is 1. The van der Waals surface area contributed by atoms with Crippen molar-refractivity contribution < 1.29 is 31.4 Å². The van der Waals surface area contributed by atoms with Gasteiger partial charge in [0.1, 0.15) is 11.6 Å². The van der Waals surface area contributed by atoms with Crippen molar-refractivity contribution in [1.82, 2.24) is 24.1 Å². The smallest absolute Gasteiger partial charge is 0.393 e. The number of nitrogens with one attached hydrogen (secondary N) is 2. The fourth-order valence-corrected chi connectivity index (χ4v) is 6.67. The molecule has 15 heteroatoms. The number of anilines is 3. The lowest BCUT2D eigenvalue weighted by Gasteiger charge is -2.27. The van der Waals surface area contributed by atoms with Gasteiger partial charge in [-0.15, -0.1) is 0 Å². The molecular formula is C28H30F3N7O4S. The predicted molar refractivity (Wildman–Crippen MR) is 151 cm³/mol. The van der Waals surface area contributed by atoms with Crippen molar-refractivity contribution in [3.05, 3.63) is 42.5 Å². The predicted octanol–water partition coefficient (Wildman–Crippen LogP) is 3.85. The van der Waals surface area contributed by atoms with Crippen LogP contribution in [0.2, 0.25) is 0 Å². The maximum atomic E-state index is 13.4. The molecule has 1 unspecified atom stereocenters. The van der Waals surface area contributed by atoms with E-state index in [1.807, 2.05) is 0 Å². The van der Waals surface area contributed by atoms with Gasteiger partial charge in [0.05, 0.1) is 46.5 Å². The van der Waals surface area contributed by atoms with Crippen molar-refractivity contribution in [3.63, 3.8) is 0 Å². The Labute approximate surface area is 246 Å². The molecule has 3 aliphatic rings. The average molecular weight is 618 g/mol. The molecule has 6 rings (SSSR count). The number of rotatable bonds is 7. The molecule has 228 valence electrons. The van der Waals surface area contributed by atoms with Gasteiger partial charge in [0, 0.05) is 31.1 Å². The van der Waals surface area contributed by atoms with Crippen LogP contribution in [0.25, 0.3) is 11.4 Å². The first-order valence-corrected chi connectivity index (χ1v) is 15.6. The van der Waals surface area contributed by atoms with Crippen LogP contribution in [0.15, 0.2) is 36.9 Å². The fraction of sp³-hybridized carbons (Fsp3) is 0.500. The highest BCUT2D eigenvalue weighted by Crippen LogP contribution is 2.35. The zero-order valence-electron chi connectivity index (χ0n) is 23.0. The number of hydrogen-bond donors (Lipinski definition) is 3. The van der Waals surface area contributed by atoms with E-state index in [1.54, 1.807) is 12.1 Å². The molecule has 3 fully saturated rings. The number of aliphatic hydroxyl groups is 1. The summed E-state index contributed by atoms with van der Waals surface area (Å²) in [5.74, 6) is 5.72. The number of hydrogen-bond acceptors (Lipinski definition) is 10. The quantitative estimate of drug-likeness (QED) is 0.335. The maximum absolute atomic E-state index is 13.4. The van der Waals surface area contributed by atoms with Crippen LogP contribution in [0.4, 0.5) is 30.5 Å². The minimum Gasteiger partial charge on any atom is -0.393 e. The van der Waals surface area contributed by atoms with Crippen LogP contribution >= 0.6 is 0 Å². The lowest BCUT2D eigenvalue weighted by atomic mass is 9.93. The standard InChI is InChI=1S/C28H30F3N7O4S/c29-28(30,31)26-17(10-12-42-26)1-2-18-14-33-25(13-23(18)35-20-3-5-21(39)6-4-20)36-24-9-11-32-27(37-24)19-15-34-38(16-19)43(40,41)22-7-8-22/h9,11,13-17,20-22,26,39H,3-8,10,12H2,(H2,32,33,35,36,37)/t17?,20?,21?,26-/m1/s1. The van der Waals surface area contributed by atoms with Gasteiger partial charge >= 0.3 is 6.18 Å². The number of nitrogens with zero attached hydrogens (tertiary/aromatic N) is 5. The summed E-state index contributed by atoms with van der Waals surface area (Å²) in [6, 6.07) is 3.38. The number of pyridine rings is 1. The largest absolute Gasteiger partial charge is 0.415 e. The molecular weight excluding hydrogens is 587 g/mol. The van der Waals surface area contributed by atoms with Crippen molar-refractivity contribution >= 4 is 27.3 Å². The zero-order valence-corrected chi connectivity index (χ0v) is 23.8. The van der Waals surface area contributed by atoms with Crippen molar-refractivity contribution in [2.24, 2.45) is 5.92 Å². The van der Waals surface area contributed by atoms with Gasteiger partial charge in [-0.05, 0) is 51.0 Å². The highest BCUT2D eigenvalue weighted by Gasteiger charge is 2.48. The molecule has 0 radical (unpaired) electrons. The molecule has 4 heterocycles. The second-order valence-electron chi connectivity index (χ2n) is 11.0. The van der Waals surface area contributed by atoms with Gasteiger partial charge in [-0.25, -0.2) is 23.4 Å². The molecule has 0 amide bonds. The molecule has 3 aromatic heterocycles. The molecule has 3 aromatic rings. The summed E-state index contributed by atoms with van der Waals surface area (Å²) >= 11 is 0. The van der Waals surface area contributed by atoms with Gasteiger partial charge in [-0.3, -0.25) is 0 Å². The van der Waals surface area contributed by atoms with E-state index in [9.17, 15) is 26.7 Å². The van der Waals surface area contributed by atoms with Crippen molar-refractivity contribution in [3.8, 4) is 23.2 Å². The monoisotopic (exact) mass is 617 g/mol. The lowest BCUT2D eigenvalue weighted by Crippen LogP contribution is -2.33. The van der Waals surface area contributed by atoms with Crippen LogP contribution in [0.5, 0.6) is 0 Å². The SMILES string of the molecule is O=S(=O)(C1CC1)n1cc(-c2nccc(Nc3cc(NC4CCC(O)CC4)c(C#CC4CCO[C@H]4C(F)(F)F)cn3)n2)cn1. The Bertz CT molecular complexity index is 1640. The first-order chi connectivity index (χ1) is 20.6. The van der Waals surface area contributed by atoms with Gasteiger partial charge in [-0.1, -0.05) is 11.8 Å². The van der Waals surface area contributed by atoms with Crippen LogP contribution < -0.4 is 10.6 Å². The van der Waals surface area contributed by atoms with E-state index in [1.165, 1.54) is 24.8 Å². The number of alkyl halides is 3. The molecule has 3 N–H and O–H groups in total. The Morgan fingerprint density at radius 1 is 1.05 bits per heavy atom. The van der Waals surface area contributed by atoms with Gasteiger partial charge in [-0.2, -0.15) is 22.4 Å². The van der Waals surface area contributed by atoms with Crippen LogP contribution in [-0.2, 0) is 14.8 Å². The van der Waals surface area contributed by atoms with E-state index >= 15 is 0 Å². The van der Waals surface area contributed by atoms with E-state index in [0.29, 0.717) is 54.1 Å². The van der Waals surface area contributed by atoms with Gasteiger partial charge in [0.2, 0.25) is 0 Å². The summed E-state index contributed by atoms with van der Waals surface area (Å²) in [7, 11) is -3.53. The average Bonchev–Trinajstić information content (AvgIpc) is 3.51. The van der Waals surface area contributed by atoms with Crippen LogP contribution in [0.1, 0.15) is 50.5 Å². The normalized spacial score (nSPS) is 24.3. The third kappa shape index (κ3) is 6.76. The highest BCUT2D eigenvalue weighted by atomic mass is 32.2. The minimum atomic E-state index is -4.49. The third-order valence-electron chi connectivity index (χ3n) is 7.70. The van der Waals surface area contributed by atoms with E-state index in [4.69, 9.17) is 4.74 Å². The van der Waals surface area contributed by atoms with Crippen LogP contribution in [0, 0.1) is 17.8 Å². The van der Waals surface area contributed by atoms with Gasteiger partial charge in [0.15, 0.2) is 11.9 Å². The van der Waals surface area contributed by atoms with Crippen molar-refractivity contribution in [2.45, 2.75) is 74.6 Å². The van der Waals surface area contributed by atoms with E-state index in [2.05, 4.69) is 42.5 Å². The van der Waals surface area contributed by atoms with Crippen molar-refractivity contribution in [2.75, 3.05) is 17.2 Å². The number of aromatic nitrogens is 5. The van der Waals surface area contributed by atoms with E-state index in [-0.39, 0.29) is 31.0 Å². The number of aliphatic hydroxyl groups excluding tert-OH is 1. The van der Waals surface area contributed by atoms with E-state index in [0.717, 1.165) is 16.9 Å². The van der Waals surface area contributed by atoms with E-state index < -0.39 is 33.5 Å². The summed E-state index contributed by atoms with van der Waals surface area (Å²) in [6.07, 6.45) is 3.20. The molecule has 2 saturated carbocycles. The molecule has 0 aromatic carbocycles. The second-order valence-corrected chi connectivity index (χ2v) is 13.1. The second kappa shape index (κ2) is 11.7. The fourth-order valence-electron chi connectivity index (χ4n) is 5.19. The first kappa shape index (κ1) is 29.3. The zero-order chi connectivity index (χ0) is 30.2. The van der Waals surface area contributed by atoms with Gasteiger partial charge < -0.3 is 20.5 Å². The molecule has 43 heavy (non-hydrogen) atoms. The Kier molecular flexibility index (Phi) is 8.01. The topological polar surface area (TPSA) is 144 Å². The van der Waals surface area contributed by atoms with Crippen LogP contribution in [0.3, 0.4) is 0 Å². The third-order valence-corrected chi connectivity index (χ3v) is 9.74. The Morgan fingerprint density at radius 2 is 1.84 bits per heavy atom. The highest BCUT2D eigenvalue weighted by molar-refractivity contribution is 7.90. The van der Waals surface area contributed by atoms with Crippen LogP contribution in [-0.4, -0.2) is 73.9 Å². The molecule has 0 bridgehead atoms. The molecule has 2 aliphatic carbocycles. The minimum absolute atomic E-state index is 0.00181. The Morgan fingerprint density at radius 3 is 2.58 bits per heavy atom. The summed E-state index contributed by atoms with van der Waals surface area (Å²) in [5, 5.41) is 20.0. The van der Waals surface area contributed by atoms with Crippen molar-refractivity contribution in [1.29, 1.82) is 0 Å². The maximum Gasteiger partial charge on any atom is 0.415 e. The summed E-state index contributed by atoms with van der Waals surface area (Å²) in [6.45, 7) is -0.00181. The van der Waals surface area contributed by atoms with Gasteiger partial charge in [0.25, 0.3) is 10.0 Å². The Hall–Kier alpha value is -3.74. The first-order valence-electron chi connectivity index (χ1n) is 14.1. The molecule has 1 aliphatic heterocycles.